The summed E-state index contributed by atoms with van der Waals surface area (Å²) in [7, 11) is 0. The van der Waals surface area contributed by atoms with E-state index in [1.807, 2.05) is 13.1 Å². The van der Waals surface area contributed by atoms with Gasteiger partial charge in [-0.05, 0) is 37.5 Å². The van der Waals surface area contributed by atoms with E-state index in [1.54, 1.807) is 6.26 Å². The Labute approximate surface area is 112 Å². The van der Waals surface area contributed by atoms with E-state index in [4.69, 9.17) is 10.2 Å². The molecule has 0 amide bonds. The Bertz CT molecular complexity index is 772. The van der Waals surface area contributed by atoms with Crippen LogP contribution in [-0.2, 0) is 0 Å². The van der Waals surface area contributed by atoms with E-state index in [-0.39, 0.29) is 0 Å². The van der Waals surface area contributed by atoms with Gasteiger partial charge < -0.3 is 10.2 Å². The number of aryl methyl sites for hydroxylation is 3. The van der Waals surface area contributed by atoms with Crippen LogP contribution in [0.3, 0.4) is 0 Å². The van der Waals surface area contributed by atoms with Crippen LogP contribution >= 0.6 is 0 Å². The molecule has 0 saturated carbocycles. The highest BCUT2D eigenvalue weighted by atomic mass is 16.3. The van der Waals surface area contributed by atoms with Gasteiger partial charge in [0.25, 0.3) is 0 Å². The summed E-state index contributed by atoms with van der Waals surface area (Å²) in [6.07, 6.45) is 3.39. The molecule has 0 spiro atoms. The number of hydrogen-bond acceptors (Lipinski definition) is 3. The minimum atomic E-state index is 0.595. The van der Waals surface area contributed by atoms with Gasteiger partial charge in [0.15, 0.2) is 0 Å². The Kier molecular flexibility index (Phi) is 2.56. The van der Waals surface area contributed by atoms with Gasteiger partial charge in [-0.25, -0.2) is 4.98 Å². The quantitative estimate of drug-likeness (QED) is 0.712. The van der Waals surface area contributed by atoms with E-state index in [0.29, 0.717) is 11.4 Å². The zero-order valence-corrected chi connectivity index (χ0v) is 11.3. The number of fused-ring (bicyclic) bond motifs is 1. The third-order valence-electron chi connectivity index (χ3n) is 3.47. The van der Waals surface area contributed by atoms with Crippen molar-refractivity contribution in [3.63, 3.8) is 0 Å². The fraction of sp³-hybridized carbons (Fsp3) is 0.188. The van der Waals surface area contributed by atoms with Crippen LogP contribution in [0.5, 0.6) is 0 Å². The smallest absolute Gasteiger partial charge is 0.228 e. The topological polar surface area (TPSA) is 52.0 Å². The van der Waals surface area contributed by atoms with Crippen molar-refractivity contribution in [1.29, 1.82) is 0 Å². The second-order valence-corrected chi connectivity index (χ2v) is 5.01. The summed E-state index contributed by atoms with van der Waals surface area (Å²) in [5, 5.41) is 0.909. The molecule has 19 heavy (non-hydrogen) atoms. The van der Waals surface area contributed by atoms with Gasteiger partial charge in [0.2, 0.25) is 5.71 Å². The third kappa shape index (κ3) is 1.78. The average Bonchev–Trinajstić information content (AvgIpc) is 2.73. The molecule has 3 nitrogen and oxygen atoms in total. The van der Waals surface area contributed by atoms with Crippen LogP contribution in [0.4, 0.5) is 5.69 Å². The van der Waals surface area contributed by atoms with Crippen molar-refractivity contribution < 1.29 is 4.42 Å². The van der Waals surface area contributed by atoms with Gasteiger partial charge in [-0.1, -0.05) is 23.8 Å². The maximum Gasteiger partial charge on any atom is 0.228 e. The largest absolute Gasteiger partial charge is 0.444 e. The molecule has 0 aliphatic rings. The summed E-state index contributed by atoms with van der Waals surface area (Å²) in [5.41, 5.74) is 13.2. The molecule has 0 aliphatic carbocycles. The highest BCUT2D eigenvalue weighted by Crippen LogP contribution is 2.36. The van der Waals surface area contributed by atoms with Crippen molar-refractivity contribution in [2.24, 2.45) is 0 Å². The van der Waals surface area contributed by atoms with Crippen LogP contribution in [0.1, 0.15) is 16.7 Å². The molecule has 0 atom stereocenters. The van der Waals surface area contributed by atoms with Crippen LogP contribution in [0.15, 0.2) is 35.1 Å². The zero-order chi connectivity index (χ0) is 13.6. The third-order valence-corrected chi connectivity index (χ3v) is 3.47. The number of benzene rings is 1. The van der Waals surface area contributed by atoms with Crippen molar-refractivity contribution in [2.75, 3.05) is 5.73 Å². The van der Waals surface area contributed by atoms with Crippen molar-refractivity contribution in [1.82, 2.24) is 4.98 Å². The van der Waals surface area contributed by atoms with Gasteiger partial charge in [-0.15, -0.1) is 0 Å². The number of nitrogens with zero attached hydrogens (tertiary/aromatic N) is 1. The highest BCUT2D eigenvalue weighted by molar-refractivity contribution is 6.02. The first-order chi connectivity index (χ1) is 9.08. The Morgan fingerprint density at radius 3 is 2.63 bits per heavy atom. The maximum atomic E-state index is 6.03. The first-order valence-electron chi connectivity index (χ1n) is 6.28. The lowest BCUT2D eigenvalue weighted by Crippen LogP contribution is -1.92. The number of hydrogen-bond donors (Lipinski definition) is 1. The lowest BCUT2D eigenvalue weighted by molar-refractivity contribution is 0.604. The van der Waals surface area contributed by atoms with E-state index >= 15 is 0 Å². The minimum absolute atomic E-state index is 0.595. The second-order valence-electron chi connectivity index (χ2n) is 5.01. The number of aromatic nitrogens is 1. The molecule has 96 valence electrons. The van der Waals surface area contributed by atoms with Gasteiger partial charge in [-0.2, -0.15) is 0 Å². The fourth-order valence-electron chi connectivity index (χ4n) is 2.57. The second kappa shape index (κ2) is 4.12. The molecule has 0 radical (unpaired) electrons. The van der Waals surface area contributed by atoms with E-state index in [0.717, 1.165) is 16.5 Å². The first-order valence-corrected chi connectivity index (χ1v) is 6.28. The molecule has 0 saturated heterocycles. The van der Waals surface area contributed by atoms with Gasteiger partial charge in [0.05, 0.1) is 11.1 Å². The summed E-state index contributed by atoms with van der Waals surface area (Å²) in [6, 6.07) is 6.43. The number of nitrogen functional groups attached to an aromatic ring is 1. The van der Waals surface area contributed by atoms with E-state index < -0.39 is 0 Å². The molecular weight excluding hydrogens is 236 g/mol. The molecule has 0 fully saturated rings. The Hall–Kier alpha value is -2.29. The van der Waals surface area contributed by atoms with Crippen LogP contribution in [0.25, 0.3) is 22.2 Å². The van der Waals surface area contributed by atoms with Crippen molar-refractivity contribution in [2.45, 2.75) is 20.8 Å². The van der Waals surface area contributed by atoms with Gasteiger partial charge in [0, 0.05) is 11.8 Å². The molecule has 0 aliphatic heterocycles. The fourth-order valence-corrected chi connectivity index (χ4v) is 2.57. The molecule has 0 unspecified atom stereocenters. The average molecular weight is 252 g/mol. The van der Waals surface area contributed by atoms with E-state index in [9.17, 15) is 0 Å². The summed E-state index contributed by atoms with van der Waals surface area (Å²) in [6.45, 7) is 6.26. The summed E-state index contributed by atoms with van der Waals surface area (Å²) >= 11 is 0. The Morgan fingerprint density at radius 2 is 1.89 bits per heavy atom. The summed E-state index contributed by atoms with van der Waals surface area (Å²) in [4.78, 5) is 4.29. The highest BCUT2D eigenvalue weighted by Gasteiger charge is 2.15. The van der Waals surface area contributed by atoms with Crippen molar-refractivity contribution in [3.8, 4) is 11.1 Å². The van der Waals surface area contributed by atoms with Gasteiger partial charge in [-0.3, -0.25) is 0 Å². The van der Waals surface area contributed by atoms with Crippen molar-refractivity contribution in [3.05, 3.63) is 47.3 Å². The number of rotatable bonds is 1. The van der Waals surface area contributed by atoms with Gasteiger partial charge in [0.1, 0.15) is 6.26 Å². The molecule has 2 N–H and O–H groups in total. The van der Waals surface area contributed by atoms with E-state index in [2.05, 4.69) is 37.0 Å². The Balaban J connectivity index is 2.41. The Morgan fingerprint density at radius 1 is 1.11 bits per heavy atom. The molecule has 3 rings (SSSR count). The van der Waals surface area contributed by atoms with Crippen LogP contribution in [0, 0.1) is 20.8 Å². The first kappa shape index (κ1) is 11.8. The lowest BCUT2D eigenvalue weighted by atomic mass is 9.94. The summed E-state index contributed by atoms with van der Waals surface area (Å²) < 4.78 is 5.39. The minimum Gasteiger partial charge on any atom is -0.444 e. The molecule has 3 aromatic rings. The number of pyridine rings is 1. The molecule has 3 heteroatoms. The summed E-state index contributed by atoms with van der Waals surface area (Å²) in [5.74, 6) is 0. The molecule has 1 aromatic carbocycles. The van der Waals surface area contributed by atoms with Crippen LogP contribution < -0.4 is 5.73 Å². The molecular formula is C16H16N2O. The monoisotopic (exact) mass is 252 g/mol. The van der Waals surface area contributed by atoms with Crippen LogP contribution in [0.2, 0.25) is 0 Å². The van der Waals surface area contributed by atoms with Gasteiger partial charge >= 0.3 is 0 Å². The normalized spacial score (nSPS) is 11.1. The predicted octanol–water partition coefficient (Wildman–Crippen LogP) is 4.00. The predicted molar refractivity (Wildman–Crippen MR) is 78.1 cm³/mol. The molecule has 2 aromatic heterocycles. The lowest BCUT2D eigenvalue weighted by Gasteiger charge is -2.11. The number of anilines is 1. The standard InChI is InChI=1S/C16H16N2O/c1-9-4-5-12(10(2)6-9)14-11(3)7-18-16-15(14)13(17)8-19-16/h4-8H,17H2,1-3H3. The molecule has 2 heterocycles. The number of furan rings is 1. The maximum absolute atomic E-state index is 6.03. The number of nitrogens with two attached hydrogens (primary N) is 1. The SMILES string of the molecule is Cc1ccc(-c2c(C)cnc3occ(N)c23)c(C)c1. The zero-order valence-electron chi connectivity index (χ0n) is 11.3. The molecule has 0 bridgehead atoms. The van der Waals surface area contributed by atoms with E-state index in [1.165, 1.54) is 16.7 Å². The van der Waals surface area contributed by atoms with Crippen LogP contribution in [-0.4, -0.2) is 4.98 Å². The van der Waals surface area contributed by atoms with Crippen molar-refractivity contribution >= 4 is 16.8 Å².